The van der Waals surface area contributed by atoms with Gasteiger partial charge in [-0.1, -0.05) is 53.7 Å². The standard InChI is InChI=1S/C18H26N2S/c1-10(2)13-7-14(11(3)4)17(15(8-13)12(5)6)16-9-21-18(19)20-16/h7-12H,1-6H3,(H2,19,20). The van der Waals surface area contributed by atoms with Gasteiger partial charge in [-0.3, -0.25) is 0 Å². The van der Waals surface area contributed by atoms with Crippen molar-refractivity contribution in [3.8, 4) is 11.3 Å². The maximum Gasteiger partial charge on any atom is 0.180 e. The van der Waals surface area contributed by atoms with Crippen molar-refractivity contribution in [2.24, 2.45) is 0 Å². The molecular weight excluding hydrogens is 276 g/mol. The highest BCUT2D eigenvalue weighted by molar-refractivity contribution is 7.13. The molecule has 2 nitrogen and oxygen atoms in total. The van der Waals surface area contributed by atoms with Crippen LogP contribution in [0.4, 0.5) is 5.13 Å². The largest absolute Gasteiger partial charge is 0.375 e. The number of hydrogen-bond donors (Lipinski definition) is 1. The Kier molecular flexibility index (Phi) is 4.72. The number of nitrogens with zero attached hydrogens (tertiary/aromatic N) is 1. The smallest absolute Gasteiger partial charge is 0.180 e. The molecule has 3 heteroatoms. The van der Waals surface area contributed by atoms with E-state index < -0.39 is 0 Å². The molecule has 0 aliphatic carbocycles. The van der Waals surface area contributed by atoms with Crippen LogP contribution in [-0.4, -0.2) is 4.98 Å². The van der Waals surface area contributed by atoms with Gasteiger partial charge in [0.25, 0.3) is 0 Å². The Hall–Kier alpha value is -1.35. The lowest BCUT2D eigenvalue weighted by Crippen LogP contribution is -2.03. The van der Waals surface area contributed by atoms with Crippen LogP contribution in [0.3, 0.4) is 0 Å². The zero-order valence-electron chi connectivity index (χ0n) is 13.9. The molecule has 1 aromatic carbocycles. The molecule has 0 aliphatic heterocycles. The molecule has 0 amide bonds. The van der Waals surface area contributed by atoms with Crippen molar-refractivity contribution in [2.45, 2.75) is 59.3 Å². The third kappa shape index (κ3) is 3.29. The average molecular weight is 302 g/mol. The minimum Gasteiger partial charge on any atom is -0.375 e. The third-order valence-electron chi connectivity index (χ3n) is 3.91. The summed E-state index contributed by atoms with van der Waals surface area (Å²) >= 11 is 1.52. The second kappa shape index (κ2) is 6.18. The molecule has 114 valence electrons. The number of aromatic nitrogens is 1. The summed E-state index contributed by atoms with van der Waals surface area (Å²) in [5.41, 5.74) is 12.4. The minimum absolute atomic E-state index is 0.471. The van der Waals surface area contributed by atoms with Gasteiger partial charge in [-0.15, -0.1) is 11.3 Å². The normalized spacial score (nSPS) is 11.9. The summed E-state index contributed by atoms with van der Waals surface area (Å²) in [5, 5.41) is 2.72. The molecule has 0 spiro atoms. The number of thiazole rings is 1. The monoisotopic (exact) mass is 302 g/mol. The molecule has 0 saturated carbocycles. The topological polar surface area (TPSA) is 38.9 Å². The maximum atomic E-state index is 5.85. The fourth-order valence-corrected chi connectivity index (χ4v) is 3.21. The minimum atomic E-state index is 0.471. The van der Waals surface area contributed by atoms with E-state index in [1.54, 1.807) is 0 Å². The van der Waals surface area contributed by atoms with Crippen LogP contribution in [-0.2, 0) is 0 Å². The van der Waals surface area contributed by atoms with Crippen molar-refractivity contribution in [3.05, 3.63) is 34.2 Å². The SMILES string of the molecule is CC(C)c1cc(C(C)C)c(-c2csc(N)n2)c(C(C)C)c1. The lowest BCUT2D eigenvalue weighted by Gasteiger charge is -2.22. The van der Waals surface area contributed by atoms with E-state index in [1.807, 2.05) is 0 Å². The molecular formula is C18H26N2S. The van der Waals surface area contributed by atoms with Crippen LogP contribution in [0.1, 0.15) is 76.0 Å². The molecule has 0 aliphatic rings. The van der Waals surface area contributed by atoms with Gasteiger partial charge in [0.1, 0.15) is 0 Å². The molecule has 2 N–H and O–H groups in total. The summed E-state index contributed by atoms with van der Waals surface area (Å²) in [5.74, 6) is 1.48. The van der Waals surface area contributed by atoms with E-state index in [0.717, 1.165) is 5.69 Å². The Morgan fingerprint density at radius 1 is 0.905 bits per heavy atom. The van der Waals surface area contributed by atoms with Crippen LogP contribution in [0.15, 0.2) is 17.5 Å². The van der Waals surface area contributed by atoms with Gasteiger partial charge in [-0.05, 0) is 34.4 Å². The number of hydrogen-bond acceptors (Lipinski definition) is 3. The fourth-order valence-electron chi connectivity index (χ4n) is 2.65. The predicted molar refractivity (Wildman–Crippen MR) is 94.2 cm³/mol. The van der Waals surface area contributed by atoms with Crippen molar-refractivity contribution < 1.29 is 0 Å². The van der Waals surface area contributed by atoms with E-state index in [2.05, 4.69) is 64.0 Å². The molecule has 1 aromatic heterocycles. The summed E-state index contributed by atoms with van der Waals surface area (Å²) in [6, 6.07) is 4.71. The Morgan fingerprint density at radius 2 is 1.43 bits per heavy atom. The van der Waals surface area contributed by atoms with Crippen LogP contribution in [0.25, 0.3) is 11.3 Å². The lowest BCUT2D eigenvalue weighted by atomic mass is 9.83. The van der Waals surface area contributed by atoms with Gasteiger partial charge in [-0.2, -0.15) is 0 Å². The molecule has 1 heterocycles. The highest BCUT2D eigenvalue weighted by atomic mass is 32.1. The van der Waals surface area contributed by atoms with E-state index in [1.165, 1.54) is 33.6 Å². The van der Waals surface area contributed by atoms with Crippen LogP contribution in [0.5, 0.6) is 0 Å². The van der Waals surface area contributed by atoms with Gasteiger partial charge in [-0.25, -0.2) is 4.98 Å². The van der Waals surface area contributed by atoms with Crippen molar-refractivity contribution in [1.29, 1.82) is 0 Å². The lowest BCUT2D eigenvalue weighted by molar-refractivity contribution is 0.807. The first-order chi connectivity index (χ1) is 9.81. The Bertz CT molecular complexity index is 595. The summed E-state index contributed by atoms with van der Waals surface area (Å²) in [7, 11) is 0. The van der Waals surface area contributed by atoms with Gasteiger partial charge in [0.15, 0.2) is 5.13 Å². The van der Waals surface area contributed by atoms with E-state index >= 15 is 0 Å². The Morgan fingerprint density at radius 3 is 1.76 bits per heavy atom. The number of benzene rings is 1. The molecule has 0 saturated heterocycles. The van der Waals surface area contributed by atoms with Crippen LogP contribution in [0, 0.1) is 0 Å². The van der Waals surface area contributed by atoms with Crippen molar-refractivity contribution in [1.82, 2.24) is 4.98 Å². The van der Waals surface area contributed by atoms with Crippen LogP contribution < -0.4 is 5.73 Å². The molecule has 2 aromatic rings. The van der Waals surface area contributed by atoms with Gasteiger partial charge >= 0.3 is 0 Å². The van der Waals surface area contributed by atoms with Crippen molar-refractivity contribution in [2.75, 3.05) is 5.73 Å². The zero-order chi connectivity index (χ0) is 15.7. The van der Waals surface area contributed by atoms with E-state index in [-0.39, 0.29) is 0 Å². The van der Waals surface area contributed by atoms with Gasteiger partial charge < -0.3 is 5.73 Å². The highest BCUT2D eigenvalue weighted by Crippen LogP contribution is 2.39. The first kappa shape index (κ1) is 16.0. The average Bonchev–Trinajstić information content (AvgIpc) is 2.83. The molecule has 21 heavy (non-hydrogen) atoms. The van der Waals surface area contributed by atoms with Gasteiger partial charge in [0.05, 0.1) is 5.69 Å². The molecule has 2 rings (SSSR count). The fraction of sp³-hybridized carbons (Fsp3) is 0.500. The number of nitrogens with two attached hydrogens (primary N) is 1. The highest BCUT2D eigenvalue weighted by Gasteiger charge is 2.19. The molecule has 0 atom stereocenters. The van der Waals surface area contributed by atoms with E-state index in [4.69, 9.17) is 5.73 Å². The van der Waals surface area contributed by atoms with Crippen molar-refractivity contribution >= 4 is 16.5 Å². The quantitative estimate of drug-likeness (QED) is 0.779. The third-order valence-corrected chi connectivity index (χ3v) is 4.58. The second-order valence-corrected chi connectivity index (χ2v) is 7.50. The first-order valence-electron chi connectivity index (χ1n) is 7.70. The number of rotatable bonds is 4. The van der Waals surface area contributed by atoms with Gasteiger partial charge in [0, 0.05) is 10.9 Å². The molecule has 0 fully saturated rings. The zero-order valence-corrected chi connectivity index (χ0v) is 14.7. The number of anilines is 1. The molecule has 0 unspecified atom stereocenters. The van der Waals surface area contributed by atoms with E-state index in [9.17, 15) is 0 Å². The Balaban J connectivity index is 2.76. The van der Waals surface area contributed by atoms with Gasteiger partial charge in [0.2, 0.25) is 0 Å². The molecule has 0 bridgehead atoms. The summed E-state index contributed by atoms with van der Waals surface area (Å²) in [6.45, 7) is 13.5. The number of nitrogen functional groups attached to an aromatic ring is 1. The molecule has 0 radical (unpaired) electrons. The van der Waals surface area contributed by atoms with Crippen LogP contribution >= 0.6 is 11.3 Å². The summed E-state index contributed by atoms with van der Waals surface area (Å²) < 4.78 is 0. The van der Waals surface area contributed by atoms with E-state index in [0.29, 0.717) is 22.9 Å². The Labute approximate surface area is 132 Å². The second-order valence-electron chi connectivity index (χ2n) is 6.61. The van der Waals surface area contributed by atoms with Crippen molar-refractivity contribution in [3.63, 3.8) is 0 Å². The summed E-state index contributed by atoms with van der Waals surface area (Å²) in [4.78, 5) is 4.54. The summed E-state index contributed by atoms with van der Waals surface area (Å²) in [6.07, 6.45) is 0. The maximum absolute atomic E-state index is 5.85. The predicted octanol–water partition coefficient (Wildman–Crippen LogP) is 5.76. The van der Waals surface area contributed by atoms with Crippen LogP contribution in [0.2, 0.25) is 0 Å². The first-order valence-corrected chi connectivity index (χ1v) is 8.58.